The quantitative estimate of drug-likeness (QED) is 0.479. The van der Waals surface area contributed by atoms with E-state index in [0.717, 1.165) is 6.07 Å². The molecule has 0 radical (unpaired) electrons. The molecule has 0 saturated carbocycles. The third kappa shape index (κ3) is 4.09. The number of benzene rings is 2. The van der Waals surface area contributed by atoms with Crippen molar-refractivity contribution < 1.29 is 18.0 Å². The number of nitrogens with zero attached hydrogens (tertiary/aromatic N) is 3. The minimum atomic E-state index is -4.53. The summed E-state index contributed by atoms with van der Waals surface area (Å²) in [6, 6.07) is 13.6. The van der Waals surface area contributed by atoms with Gasteiger partial charge in [0.2, 0.25) is 0 Å². The Morgan fingerprint density at radius 2 is 1.70 bits per heavy atom. The molecule has 0 saturated heterocycles. The highest BCUT2D eigenvalue weighted by atomic mass is 19.4. The second-order valence-electron chi connectivity index (χ2n) is 7.70. The number of anilines is 1. The summed E-state index contributed by atoms with van der Waals surface area (Å²) in [7, 11) is 1.64. The summed E-state index contributed by atoms with van der Waals surface area (Å²) < 4.78 is 44.9. The van der Waals surface area contributed by atoms with Crippen LogP contribution in [0.5, 0.6) is 0 Å². The standard InChI is InChI=1S/C24H21F3N4O2/c1-15-13-19(16(2)31(15)21-10-5-4-9-20(21)24(25,26)27)22(32)28-17-7-6-8-18(14-17)30-12-11-29(3)23(30)33/h4-14H,1-3H3,(H,28,32). The van der Waals surface area contributed by atoms with Gasteiger partial charge >= 0.3 is 11.9 Å². The van der Waals surface area contributed by atoms with Crippen LogP contribution in [0.15, 0.2) is 71.8 Å². The monoisotopic (exact) mass is 454 g/mol. The van der Waals surface area contributed by atoms with Crippen molar-refractivity contribution in [3.05, 3.63) is 100.0 Å². The molecule has 9 heteroatoms. The van der Waals surface area contributed by atoms with Gasteiger partial charge in [-0.05, 0) is 50.2 Å². The number of hydrogen-bond donors (Lipinski definition) is 1. The number of aromatic nitrogens is 3. The Hall–Kier alpha value is -4.01. The summed E-state index contributed by atoms with van der Waals surface area (Å²) in [5.41, 5.74) is 1.12. The molecule has 2 heterocycles. The van der Waals surface area contributed by atoms with Gasteiger partial charge in [0, 0.05) is 36.5 Å². The Morgan fingerprint density at radius 1 is 0.970 bits per heavy atom. The first-order valence-corrected chi connectivity index (χ1v) is 10.1. The van der Waals surface area contributed by atoms with Crippen LogP contribution in [0.3, 0.4) is 0 Å². The lowest BCUT2D eigenvalue weighted by atomic mass is 10.1. The number of amides is 1. The minimum absolute atomic E-state index is 0.0375. The van der Waals surface area contributed by atoms with Crippen LogP contribution in [-0.2, 0) is 13.2 Å². The van der Waals surface area contributed by atoms with E-state index in [4.69, 9.17) is 0 Å². The molecule has 2 aromatic carbocycles. The zero-order valence-corrected chi connectivity index (χ0v) is 18.1. The lowest BCUT2D eigenvalue weighted by Gasteiger charge is -2.17. The van der Waals surface area contributed by atoms with Crippen LogP contribution < -0.4 is 11.0 Å². The summed E-state index contributed by atoms with van der Waals surface area (Å²) >= 11 is 0. The van der Waals surface area contributed by atoms with Gasteiger partial charge in [0.15, 0.2) is 0 Å². The number of aryl methyl sites for hydroxylation is 2. The van der Waals surface area contributed by atoms with Crippen molar-refractivity contribution in [1.82, 2.24) is 13.7 Å². The van der Waals surface area contributed by atoms with Gasteiger partial charge in [-0.1, -0.05) is 18.2 Å². The van der Waals surface area contributed by atoms with Crippen LogP contribution in [0.2, 0.25) is 0 Å². The van der Waals surface area contributed by atoms with E-state index in [1.54, 1.807) is 63.6 Å². The average molecular weight is 454 g/mol. The van der Waals surface area contributed by atoms with E-state index >= 15 is 0 Å². The smallest absolute Gasteiger partial charge is 0.322 e. The lowest BCUT2D eigenvalue weighted by Crippen LogP contribution is -2.20. The van der Waals surface area contributed by atoms with Crippen molar-refractivity contribution in [2.45, 2.75) is 20.0 Å². The fourth-order valence-corrected chi connectivity index (χ4v) is 3.86. The fourth-order valence-electron chi connectivity index (χ4n) is 3.86. The molecule has 0 aliphatic rings. The second kappa shape index (κ2) is 8.16. The Kier molecular flexibility index (Phi) is 5.49. The Labute approximate surface area is 187 Å². The molecular formula is C24H21F3N4O2. The summed E-state index contributed by atoms with van der Waals surface area (Å²) in [5.74, 6) is -0.462. The Morgan fingerprint density at radius 3 is 2.36 bits per heavy atom. The maximum Gasteiger partial charge on any atom is 0.418 e. The molecule has 4 rings (SSSR count). The summed E-state index contributed by atoms with van der Waals surface area (Å²) in [4.78, 5) is 25.2. The molecule has 0 unspecified atom stereocenters. The van der Waals surface area contributed by atoms with E-state index in [9.17, 15) is 22.8 Å². The number of rotatable bonds is 4. The van der Waals surface area contributed by atoms with Gasteiger partial charge in [0.25, 0.3) is 5.91 Å². The van der Waals surface area contributed by atoms with Crippen LogP contribution in [0.1, 0.15) is 27.3 Å². The predicted octanol–water partition coefficient (Wildman–Crippen LogP) is 4.85. The molecule has 0 bridgehead atoms. The normalized spacial score (nSPS) is 11.6. The maximum absolute atomic E-state index is 13.5. The fraction of sp³-hybridized carbons (Fsp3) is 0.167. The van der Waals surface area contributed by atoms with E-state index in [0.29, 0.717) is 22.8 Å². The van der Waals surface area contributed by atoms with Crippen LogP contribution in [0.25, 0.3) is 11.4 Å². The third-order valence-electron chi connectivity index (χ3n) is 5.46. The highest BCUT2D eigenvalue weighted by Crippen LogP contribution is 2.35. The first-order valence-electron chi connectivity index (χ1n) is 10.1. The SMILES string of the molecule is Cc1cc(C(=O)Nc2cccc(-n3ccn(C)c3=O)c2)c(C)n1-c1ccccc1C(F)(F)F. The average Bonchev–Trinajstić information content (AvgIpc) is 3.25. The van der Waals surface area contributed by atoms with E-state index in [-0.39, 0.29) is 16.9 Å². The van der Waals surface area contributed by atoms with Crippen molar-refractivity contribution in [3.8, 4) is 11.4 Å². The van der Waals surface area contributed by atoms with Gasteiger partial charge in [-0.2, -0.15) is 13.2 Å². The number of para-hydroxylation sites is 1. The van der Waals surface area contributed by atoms with E-state index < -0.39 is 17.6 Å². The van der Waals surface area contributed by atoms with Gasteiger partial charge in [0.1, 0.15) is 0 Å². The Balaban J connectivity index is 1.68. The molecule has 1 N–H and O–H groups in total. The predicted molar refractivity (Wildman–Crippen MR) is 119 cm³/mol. The van der Waals surface area contributed by atoms with Gasteiger partial charge in [0.05, 0.1) is 22.5 Å². The van der Waals surface area contributed by atoms with Crippen molar-refractivity contribution in [1.29, 1.82) is 0 Å². The van der Waals surface area contributed by atoms with E-state index in [2.05, 4.69) is 5.32 Å². The molecular weight excluding hydrogens is 433 g/mol. The van der Waals surface area contributed by atoms with Crippen LogP contribution in [0.4, 0.5) is 18.9 Å². The first kappa shape index (κ1) is 22.2. The van der Waals surface area contributed by atoms with Crippen molar-refractivity contribution in [2.75, 3.05) is 5.32 Å². The first-order chi connectivity index (χ1) is 15.6. The highest BCUT2D eigenvalue weighted by Gasteiger charge is 2.34. The highest BCUT2D eigenvalue weighted by molar-refractivity contribution is 6.05. The number of nitrogens with one attached hydrogen (secondary N) is 1. The molecule has 4 aromatic rings. The molecule has 0 spiro atoms. The zero-order chi connectivity index (χ0) is 23.9. The van der Waals surface area contributed by atoms with Crippen molar-refractivity contribution >= 4 is 11.6 Å². The molecule has 2 aromatic heterocycles. The summed E-state index contributed by atoms with van der Waals surface area (Å²) in [5, 5.41) is 2.78. The van der Waals surface area contributed by atoms with E-state index in [1.165, 1.54) is 31.9 Å². The number of alkyl halides is 3. The van der Waals surface area contributed by atoms with Crippen LogP contribution in [-0.4, -0.2) is 19.6 Å². The molecule has 0 fully saturated rings. The number of carbonyl (C=O) groups is 1. The summed E-state index contributed by atoms with van der Waals surface area (Å²) in [6.07, 6.45) is -1.28. The number of hydrogen-bond acceptors (Lipinski definition) is 2. The second-order valence-corrected chi connectivity index (χ2v) is 7.70. The third-order valence-corrected chi connectivity index (χ3v) is 5.46. The van der Waals surface area contributed by atoms with Crippen molar-refractivity contribution in [3.63, 3.8) is 0 Å². The Bertz CT molecular complexity index is 1410. The molecule has 33 heavy (non-hydrogen) atoms. The molecule has 1 amide bonds. The van der Waals surface area contributed by atoms with Crippen LogP contribution >= 0.6 is 0 Å². The number of carbonyl (C=O) groups excluding carboxylic acids is 1. The topological polar surface area (TPSA) is 61.0 Å². The minimum Gasteiger partial charge on any atom is -0.322 e. The maximum atomic E-state index is 13.5. The van der Waals surface area contributed by atoms with Crippen LogP contribution in [0, 0.1) is 13.8 Å². The van der Waals surface area contributed by atoms with Gasteiger partial charge in [-0.15, -0.1) is 0 Å². The number of halogens is 3. The summed E-state index contributed by atoms with van der Waals surface area (Å²) in [6.45, 7) is 3.26. The molecule has 0 atom stereocenters. The number of imidazole rings is 1. The zero-order valence-electron chi connectivity index (χ0n) is 18.1. The molecule has 0 aliphatic heterocycles. The lowest BCUT2D eigenvalue weighted by molar-refractivity contribution is -0.137. The molecule has 0 aliphatic carbocycles. The van der Waals surface area contributed by atoms with E-state index in [1.807, 2.05) is 0 Å². The molecule has 170 valence electrons. The van der Waals surface area contributed by atoms with Gasteiger partial charge in [-0.3, -0.25) is 9.36 Å². The van der Waals surface area contributed by atoms with Crippen molar-refractivity contribution in [2.24, 2.45) is 7.05 Å². The molecule has 6 nitrogen and oxygen atoms in total. The van der Waals surface area contributed by atoms with Gasteiger partial charge in [-0.25, -0.2) is 4.79 Å². The largest absolute Gasteiger partial charge is 0.418 e. The van der Waals surface area contributed by atoms with Gasteiger partial charge < -0.3 is 14.5 Å².